The Morgan fingerprint density at radius 3 is 2.43 bits per heavy atom. The third-order valence-electron chi connectivity index (χ3n) is 5.99. The van der Waals surface area contributed by atoms with Crippen LogP contribution in [0, 0.1) is 5.92 Å². The van der Waals surface area contributed by atoms with Crippen LogP contribution in [0.3, 0.4) is 0 Å². The Kier molecular flexibility index (Phi) is 7.63. The molecule has 2 aliphatic heterocycles. The molecule has 2 heterocycles. The van der Waals surface area contributed by atoms with Crippen LogP contribution in [0.15, 0.2) is 54.6 Å². The summed E-state index contributed by atoms with van der Waals surface area (Å²) in [4.78, 5) is 13.2. The van der Waals surface area contributed by atoms with Gasteiger partial charge in [0.2, 0.25) is 6.41 Å². The fraction of sp³-hybridized carbons (Fsp3) is 0.458. The summed E-state index contributed by atoms with van der Waals surface area (Å²) in [5, 5.41) is 3.34. The highest BCUT2D eigenvalue weighted by atomic mass is 16.5. The number of carbonyl (C=O) groups is 1. The van der Waals surface area contributed by atoms with Gasteiger partial charge in [0.1, 0.15) is 0 Å². The topological polar surface area (TPSA) is 41.6 Å². The minimum absolute atomic E-state index is 0.0636. The number of rotatable bonds is 4. The molecule has 2 aliphatic rings. The van der Waals surface area contributed by atoms with Crippen LogP contribution in [0.2, 0.25) is 0 Å². The molecule has 4 heteroatoms. The van der Waals surface area contributed by atoms with Crippen LogP contribution < -0.4 is 5.32 Å². The predicted octanol–water partition coefficient (Wildman–Crippen LogP) is 3.81. The van der Waals surface area contributed by atoms with Crippen LogP contribution in [-0.4, -0.2) is 44.2 Å². The van der Waals surface area contributed by atoms with Crippen LogP contribution in [0.5, 0.6) is 0 Å². The standard InChI is InChI=1S/C16H15NO.C8H17NO/c18-12-17-11-10-13-6-4-5-9-15(13)16(17)14-7-2-1-3-8-14;1-7(10-2)8-3-5-9-6-4-8/h1-9,12,16H,10-11H2;7-9H,3-6H2,1-2H3. The van der Waals surface area contributed by atoms with Crippen molar-refractivity contribution >= 4 is 6.41 Å². The molecule has 4 rings (SSSR count). The average Bonchev–Trinajstić information content (AvgIpc) is 2.79. The van der Waals surface area contributed by atoms with E-state index < -0.39 is 0 Å². The van der Waals surface area contributed by atoms with Crippen molar-refractivity contribution in [1.29, 1.82) is 0 Å². The molecule has 1 fully saturated rings. The summed E-state index contributed by atoms with van der Waals surface area (Å²) >= 11 is 0. The lowest BCUT2D eigenvalue weighted by Crippen LogP contribution is -2.34. The Morgan fingerprint density at radius 1 is 1.07 bits per heavy atom. The fourth-order valence-corrected chi connectivity index (χ4v) is 4.21. The summed E-state index contributed by atoms with van der Waals surface area (Å²) < 4.78 is 5.26. The van der Waals surface area contributed by atoms with E-state index in [2.05, 4.69) is 42.6 Å². The minimum atomic E-state index is 0.0636. The van der Waals surface area contributed by atoms with Crippen LogP contribution in [0.1, 0.15) is 42.5 Å². The molecule has 150 valence electrons. The van der Waals surface area contributed by atoms with E-state index in [1.165, 1.54) is 42.6 Å². The molecule has 28 heavy (non-hydrogen) atoms. The number of amides is 1. The summed E-state index contributed by atoms with van der Waals surface area (Å²) in [6.45, 7) is 5.28. The molecule has 2 aromatic rings. The first kappa shape index (κ1) is 20.6. The smallest absolute Gasteiger partial charge is 0.210 e. The van der Waals surface area contributed by atoms with Gasteiger partial charge in [0, 0.05) is 13.7 Å². The van der Waals surface area contributed by atoms with Gasteiger partial charge in [-0.3, -0.25) is 4.79 Å². The van der Waals surface area contributed by atoms with Crippen LogP contribution in [-0.2, 0) is 16.0 Å². The lowest BCUT2D eigenvalue weighted by molar-refractivity contribution is -0.119. The molecule has 0 saturated carbocycles. The second-order valence-corrected chi connectivity index (χ2v) is 7.63. The van der Waals surface area contributed by atoms with Crippen molar-refractivity contribution < 1.29 is 9.53 Å². The zero-order chi connectivity index (χ0) is 19.8. The first-order valence-corrected chi connectivity index (χ1v) is 10.3. The predicted molar refractivity (Wildman–Crippen MR) is 113 cm³/mol. The van der Waals surface area contributed by atoms with Gasteiger partial charge in [-0.25, -0.2) is 0 Å². The summed E-state index contributed by atoms with van der Waals surface area (Å²) in [6.07, 6.45) is 4.90. The number of benzene rings is 2. The summed E-state index contributed by atoms with van der Waals surface area (Å²) in [6, 6.07) is 18.7. The molecular formula is C24H32N2O2. The van der Waals surface area contributed by atoms with Crippen molar-refractivity contribution in [1.82, 2.24) is 10.2 Å². The SMILES string of the molecule is COC(C)C1CCNCC1.O=CN1CCc2ccccc2C1c1ccccc1. The van der Waals surface area contributed by atoms with Crippen molar-refractivity contribution in [3.8, 4) is 0 Å². The first-order valence-electron chi connectivity index (χ1n) is 10.3. The summed E-state index contributed by atoms with van der Waals surface area (Å²) in [7, 11) is 1.80. The van der Waals surface area contributed by atoms with Crippen molar-refractivity contribution in [3.05, 3.63) is 71.3 Å². The normalized spacial score (nSPS) is 20.5. The van der Waals surface area contributed by atoms with Gasteiger partial charge < -0.3 is 15.0 Å². The highest BCUT2D eigenvalue weighted by Gasteiger charge is 2.27. The van der Waals surface area contributed by atoms with Gasteiger partial charge in [-0.2, -0.15) is 0 Å². The third kappa shape index (κ3) is 5.00. The second kappa shape index (κ2) is 10.4. The average molecular weight is 381 g/mol. The van der Waals surface area contributed by atoms with Crippen LogP contribution in [0.4, 0.5) is 0 Å². The number of piperidine rings is 1. The van der Waals surface area contributed by atoms with E-state index in [0.717, 1.165) is 25.3 Å². The largest absolute Gasteiger partial charge is 0.381 e. The van der Waals surface area contributed by atoms with Crippen LogP contribution in [0.25, 0.3) is 0 Å². The zero-order valence-corrected chi connectivity index (χ0v) is 17.0. The van der Waals surface area contributed by atoms with E-state index in [0.29, 0.717) is 6.10 Å². The maximum atomic E-state index is 11.3. The number of nitrogens with one attached hydrogen (secondary N) is 1. The number of carbonyl (C=O) groups excluding carboxylic acids is 1. The van der Waals surface area contributed by atoms with E-state index in [9.17, 15) is 4.79 Å². The van der Waals surface area contributed by atoms with Gasteiger partial charge in [-0.1, -0.05) is 54.6 Å². The number of ether oxygens (including phenoxy) is 1. The zero-order valence-electron chi connectivity index (χ0n) is 17.0. The van der Waals surface area contributed by atoms with Crippen molar-refractivity contribution in [2.45, 2.75) is 38.3 Å². The Bertz CT molecular complexity index is 728. The van der Waals surface area contributed by atoms with Gasteiger partial charge >= 0.3 is 0 Å². The fourth-order valence-electron chi connectivity index (χ4n) is 4.21. The molecule has 0 spiro atoms. The maximum absolute atomic E-state index is 11.3. The lowest BCUT2D eigenvalue weighted by atomic mass is 9.89. The van der Waals surface area contributed by atoms with Gasteiger partial charge in [0.25, 0.3) is 0 Å². The quantitative estimate of drug-likeness (QED) is 0.820. The van der Waals surface area contributed by atoms with Gasteiger partial charge in [0.05, 0.1) is 12.1 Å². The number of nitrogens with zero attached hydrogens (tertiary/aromatic N) is 1. The van der Waals surface area contributed by atoms with Crippen molar-refractivity contribution in [2.75, 3.05) is 26.7 Å². The lowest BCUT2D eigenvalue weighted by Gasteiger charge is -2.35. The van der Waals surface area contributed by atoms with Gasteiger partial charge in [-0.05, 0) is 61.9 Å². The van der Waals surface area contributed by atoms with E-state index in [1.54, 1.807) is 7.11 Å². The van der Waals surface area contributed by atoms with E-state index in [-0.39, 0.29) is 6.04 Å². The monoisotopic (exact) mass is 380 g/mol. The third-order valence-corrected chi connectivity index (χ3v) is 5.99. The molecule has 0 bridgehead atoms. The molecule has 1 amide bonds. The first-order chi connectivity index (χ1) is 13.7. The number of hydrogen-bond donors (Lipinski definition) is 1. The Hall–Kier alpha value is -2.17. The number of methoxy groups -OCH3 is 1. The molecule has 1 saturated heterocycles. The molecule has 2 unspecified atom stereocenters. The maximum Gasteiger partial charge on any atom is 0.210 e. The number of fused-ring (bicyclic) bond motifs is 1. The summed E-state index contributed by atoms with van der Waals surface area (Å²) in [5.74, 6) is 0.784. The molecule has 0 radical (unpaired) electrons. The second-order valence-electron chi connectivity index (χ2n) is 7.63. The Morgan fingerprint density at radius 2 is 1.75 bits per heavy atom. The van der Waals surface area contributed by atoms with Crippen molar-refractivity contribution in [3.63, 3.8) is 0 Å². The molecule has 4 nitrogen and oxygen atoms in total. The van der Waals surface area contributed by atoms with E-state index >= 15 is 0 Å². The number of hydrogen-bond acceptors (Lipinski definition) is 3. The Labute approximate surface area is 168 Å². The molecule has 2 aromatic carbocycles. The van der Waals surface area contributed by atoms with Gasteiger partial charge in [0.15, 0.2) is 0 Å². The van der Waals surface area contributed by atoms with Crippen LogP contribution >= 0.6 is 0 Å². The molecule has 0 aromatic heterocycles. The highest BCUT2D eigenvalue weighted by molar-refractivity contribution is 5.54. The Balaban J connectivity index is 0.000000192. The molecule has 2 atom stereocenters. The minimum Gasteiger partial charge on any atom is -0.381 e. The highest BCUT2D eigenvalue weighted by Crippen LogP contribution is 2.33. The molecule has 1 N–H and O–H groups in total. The molecular weight excluding hydrogens is 348 g/mol. The van der Waals surface area contributed by atoms with E-state index in [4.69, 9.17) is 4.74 Å². The van der Waals surface area contributed by atoms with Crippen molar-refractivity contribution in [2.24, 2.45) is 5.92 Å². The van der Waals surface area contributed by atoms with Gasteiger partial charge in [-0.15, -0.1) is 0 Å². The summed E-state index contributed by atoms with van der Waals surface area (Å²) in [5.41, 5.74) is 3.78. The molecule has 0 aliphatic carbocycles. The van der Waals surface area contributed by atoms with E-state index in [1.807, 2.05) is 29.2 Å².